The molecule has 0 radical (unpaired) electrons. The third-order valence-electron chi connectivity index (χ3n) is 4.28. The van der Waals surface area contributed by atoms with E-state index in [2.05, 4.69) is 38.9 Å². The Morgan fingerprint density at radius 1 is 1.32 bits per heavy atom. The fourth-order valence-corrected chi connectivity index (χ4v) is 3.26. The number of aromatic amines is 1. The number of aromatic nitrogens is 4. The Morgan fingerprint density at radius 2 is 2.18 bits per heavy atom. The van der Waals surface area contributed by atoms with Crippen LogP contribution in [0, 0.1) is 0 Å². The minimum absolute atomic E-state index is 0.0159. The van der Waals surface area contributed by atoms with Crippen LogP contribution < -0.4 is 5.32 Å². The topological polar surface area (TPSA) is 75.6 Å². The highest BCUT2D eigenvalue weighted by Gasteiger charge is 2.31. The predicted octanol–water partition coefficient (Wildman–Crippen LogP) is 2.81. The predicted molar refractivity (Wildman–Crippen MR) is 83.8 cm³/mol. The van der Waals surface area contributed by atoms with Gasteiger partial charge in [-0.2, -0.15) is 5.10 Å². The number of hydrogen-bond donors (Lipinski definition) is 2. The molecule has 6 nitrogen and oxygen atoms in total. The fourth-order valence-electron chi connectivity index (χ4n) is 3.26. The van der Waals surface area contributed by atoms with E-state index < -0.39 is 0 Å². The van der Waals surface area contributed by atoms with Crippen molar-refractivity contribution >= 4 is 22.5 Å². The van der Waals surface area contributed by atoms with Crippen molar-refractivity contribution < 1.29 is 4.79 Å². The molecule has 1 aromatic carbocycles. The number of benzene rings is 1. The Balaban J connectivity index is 1.96. The number of H-pyrrole nitrogens is 1. The van der Waals surface area contributed by atoms with Crippen LogP contribution in [0.4, 0.5) is 5.69 Å². The number of amides is 1. The van der Waals surface area contributed by atoms with Gasteiger partial charge in [0.15, 0.2) is 0 Å². The summed E-state index contributed by atoms with van der Waals surface area (Å²) in [5.74, 6) is 0.0191. The van der Waals surface area contributed by atoms with E-state index in [4.69, 9.17) is 0 Å². The molecular weight excluding hydrogens is 278 g/mol. The molecular formula is C16H17N5O. The number of anilines is 1. The summed E-state index contributed by atoms with van der Waals surface area (Å²) in [4.78, 5) is 16.4. The molecule has 22 heavy (non-hydrogen) atoms. The molecule has 1 unspecified atom stereocenters. The van der Waals surface area contributed by atoms with Gasteiger partial charge in [0.1, 0.15) is 0 Å². The Bertz CT molecular complexity index is 860. The second kappa shape index (κ2) is 4.69. The molecule has 2 N–H and O–H groups in total. The van der Waals surface area contributed by atoms with Crippen LogP contribution in [0.3, 0.4) is 0 Å². The second-order valence-electron chi connectivity index (χ2n) is 5.99. The number of carbonyl (C=O) groups is 1. The third-order valence-corrected chi connectivity index (χ3v) is 4.28. The number of nitrogens with one attached hydrogen (secondary N) is 2. The van der Waals surface area contributed by atoms with Crippen molar-refractivity contribution in [3.63, 3.8) is 0 Å². The second-order valence-corrected chi connectivity index (χ2v) is 5.99. The van der Waals surface area contributed by atoms with Crippen molar-refractivity contribution in [1.82, 2.24) is 19.7 Å². The molecule has 1 amide bonds. The molecule has 0 saturated heterocycles. The summed E-state index contributed by atoms with van der Waals surface area (Å²) in [5, 5.41) is 11.2. The Hall–Kier alpha value is -2.63. The summed E-state index contributed by atoms with van der Waals surface area (Å²) >= 11 is 0. The average molecular weight is 295 g/mol. The van der Waals surface area contributed by atoms with Gasteiger partial charge in [-0.3, -0.25) is 9.89 Å². The highest BCUT2D eigenvalue weighted by molar-refractivity contribution is 6.00. The lowest BCUT2D eigenvalue weighted by molar-refractivity contribution is -0.116. The Morgan fingerprint density at radius 3 is 3.00 bits per heavy atom. The number of hydrogen-bond acceptors (Lipinski definition) is 3. The molecule has 6 heteroatoms. The SMILES string of the molecule is CC(C)n1cncc1C1CC(=O)Nc2ccc3cn[nH]c3c21. The molecule has 1 aliphatic rings. The van der Waals surface area contributed by atoms with Crippen LogP contribution in [-0.4, -0.2) is 25.7 Å². The monoisotopic (exact) mass is 295 g/mol. The standard InChI is InChI=1S/C16H17N5O/c1-9(2)21-8-17-7-13(21)11-5-14(22)19-12-4-3-10-6-18-20-16(10)15(11)12/h3-4,6-9,11H,5H2,1-2H3,(H,18,20)(H,19,22). The first-order valence-corrected chi connectivity index (χ1v) is 7.42. The maximum Gasteiger partial charge on any atom is 0.225 e. The van der Waals surface area contributed by atoms with E-state index in [0.29, 0.717) is 12.5 Å². The average Bonchev–Trinajstić information content (AvgIpc) is 3.14. The molecule has 112 valence electrons. The van der Waals surface area contributed by atoms with Gasteiger partial charge in [-0.25, -0.2) is 4.98 Å². The molecule has 1 aliphatic heterocycles. The summed E-state index contributed by atoms with van der Waals surface area (Å²) in [6.07, 6.45) is 5.92. The van der Waals surface area contributed by atoms with Crippen LogP contribution in [0.1, 0.15) is 43.5 Å². The number of carbonyl (C=O) groups excluding carboxylic acids is 1. The maximum absolute atomic E-state index is 12.1. The minimum Gasteiger partial charge on any atom is -0.331 e. The number of imidazole rings is 1. The largest absolute Gasteiger partial charge is 0.331 e. The zero-order valence-electron chi connectivity index (χ0n) is 12.5. The molecule has 0 spiro atoms. The van der Waals surface area contributed by atoms with E-state index >= 15 is 0 Å². The molecule has 0 aliphatic carbocycles. The van der Waals surface area contributed by atoms with Crippen LogP contribution in [-0.2, 0) is 4.79 Å². The van der Waals surface area contributed by atoms with Crippen molar-refractivity contribution in [2.45, 2.75) is 32.2 Å². The molecule has 3 heterocycles. The van der Waals surface area contributed by atoms with E-state index in [-0.39, 0.29) is 11.8 Å². The highest BCUT2D eigenvalue weighted by Crippen LogP contribution is 2.41. The van der Waals surface area contributed by atoms with Gasteiger partial charge >= 0.3 is 0 Å². The van der Waals surface area contributed by atoms with E-state index in [0.717, 1.165) is 27.8 Å². The van der Waals surface area contributed by atoms with Gasteiger partial charge in [0, 0.05) is 46.9 Å². The number of fused-ring (bicyclic) bond motifs is 3. The first-order valence-electron chi connectivity index (χ1n) is 7.42. The maximum atomic E-state index is 12.1. The lowest BCUT2D eigenvalue weighted by Gasteiger charge is -2.27. The van der Waals surface area contributed by atoms with Crippen LogP contribution in [0.25, 0.3) is 10.9 Å². The van der Waals surface area contributed by atoms with Crippen molar-refractivity contribution in [2.24, 2.45) is 0 Å². The summed E-state index contributed by atoms with van der Waals surface area (Å²) in [6, 6.07) is 4.22. The van der Waals surface area contributed by atoms with Gasteiger partial charge in [0.2, 0.25) is 5.91 Å². The van der Waals surface area contributed by atoms with Crippen LogP contribution in [0.5, 0.6) is 0 Å². The van der Waals surface area contributed by atoms with E-state index in [1.165, 1.54) is 0 Å². The van der Waals surface area contributed by atoms with Gasteiger partial charge < -0.3 is 9.88 Å². The van der Waals surface area contributed by atoms with Crippen molar-refractivity contribution in [3.05, 3.63) is 42.1 Å². The minimum atomic E-state index is -0.0159. The lowest BCUT2D eigenvalue weighted by Crippen LogP contribution is -2.25. The van der Waals surface area contributed by atoms with Crippen LogP contribution in [0.15, 0.2) is 30.9 Å². The van der Waals surface area contributed by atoms with Crippen LogP contribution >= 0.6 is 0 Å². The molecule has 3 aromatic rings. The first kappa shape index (κ1) is 13.1. The lowest BCUT2D eigenvalue weighted by atomic mass is 9.86. The molecule has 1 atom stereocenters. The van der Waals surface area contributed by atoms with Crippen molar-refractivity contribution in [1.29, 1.82) is 0 Å². The van der Waals surface area contributed by atoms with Gasteiger partial charge in [0.05, 0.1) is 18.0 Å². The number of rotatable bonds is 2. The van der Waals surface area contributed by atoms with Gasteiger partial charge in [-0.05, 0) is 26.0 Å². The zero-order chi connectivity index (χ0) is 15.3. The number of nitrogens with zero attached hydrogens (tertiary/aromatic N) is 3. The highest BCUT2D eigenvalue weighted by atomic mass is 16.1. The summed E-state index contributed by atoms with van der Waals surface area (Å²) < 4.78 is 2.13. The van der Waals surface area contributed by atoms with E-state index in [9.17, 15) is 4.79 Å². The van der Waals surface area contributed by atoms with Crippen molar-refractivity contribution in [3.8, 4) is 0 Å². The quantitative estimate of drug-likeness (QED) is 0.763. The van der Waals surface area contributed by atoms with Gasteiger partial charge in [-0.1, -0.05) is 0 Å². The first-order chi connectivity index (χ1) is 10.6. The Kier molecular flexibility index (Phi) is 2.79. The zero-order valence-corrected chi connectivity index (χ0v) is 12.5. The van der Waals surface area contributed by atoms with Gasteiger partial charge in [0.25, 0.3) is 0 Å². The third kappa shape index (κ3) is 1.83. The molecule has 4 rings (SSSR count). The molecule has 0 fully saturated rings. The Labute approximate surface area is 127 Å². The normalized spacial score (nSPS) is 17.8. The van der Waals surface area contributed by atoms with Gasteiger partial charge in [-0.15, -0.1) is 0 Å². The molecule has 0 bridgehead atoms. The van der Waals surface area contributed by atoms with Crippen LogP contribution in [0.2, 0.25) is 0 Å². The summed E-state index contributed by atoms with van der Waals surface area (Å²) in [7, 11) is 0. The van der Waals surface area contributed by atoms with E-state index in [1.54, 1.807) is 0 Å². The molecule has 0 saturated carbocycles. The summed E-state index contributed by atoms with van der Waals surface area (Å²) in [6.45, 7) is 4.23. The smallest absolute Gasteiger partial charge is 0.225 e. The van der Waals surface area contributed by atoms with E-state index in [1.807, 2.05) is 30.9 Å². The molecule has 2 aromatic heterocycles. The van der Waals surface area contributed by atoms with Crippen molar-refractivity contribution in [2.75, 3.05) is 5.32 Å². The fraction of sp³-hybridized carbons (Fsp3) is 0.312. The summed E-state index contributed by atoms with van der Waals surface area (Å²) in [5.41, 5.74) is 4.00.